The fraction of sp³-hybridized carbons (Fsp3) is 0.471. The number of hydrogen-bond donors (Lipinski definition) is 3. The molecule has 0 saturated carbocycles. The second-order valence-corrected chi connectivity index (χ2v) is 8.51. The third-order valence-electron chi connectivity index (χ3n) is 4.26. The molecular formula is C17H24N4O5S. The van der Waals surface area contributed by atoms with Gasteiger partial charge in [-0.15, -0.1) is 0 Å². The molecule has 0 bridgehead atoms. The van der Waals surface area contributed by atoms with Crippen LogP contribution in [0.1, 0.15) is 19.8 Å². The van der Waals surface area contributed by atoms with E-state index >= 15 is 0 Å². The van der Waals surface area contributed by atoms with Crippen LogP contribution in [-0.2, 0) is 24.4 Å². The number of amides is 3. The van der Waals surface area contributed by atoms with Crippen molar-refractivity contribution in [3.05, 3.63) is 24.3 Å². The highest BCUT2D eigenvalue weighted by Crippen LogP contribution is 2.18. The Morgan fingerprint density at radius 3 is 2.00 bits per heavy atom. The van der Waals surface area contributed by atoms with Crippen LogP contribution in [0.5, 0.6) is 0 Å². The topological polar surface area (TPSA) is 125 Å². The maximum absolute atomic E-state index is 12.0. The predicted molar refractivity (Wildman–Crippen MR) is 102 cm³/mol. The van der Waals surface area contributed by atoms with E-state index in [1.54, 1.807) is 24.3 Å². The standard InChI is InChI=1S/C17H24N4O5S/c1-12(22)19-14-3-5-15(6-4-14)20-17(24)16(23)18-11-13-7-9-21(10-8-13)27(2,25)26/h3-6,13H,7-11H2,1-2H3,(H,18,23)(H,19,22)(H,20,24). The van der Waals surface area contributed by atoms with Crippen molar-refractivity contribution in [2.45, 2.75) is 19.8 Å². The summed E-state index contributed by atoms with van der Waals surface area (Å²) in [5, 5.41) is 7.68. The van der Waals surface area contributed by atoms with Crippen molar-refractivity contribution in [1.29, 1.82) is 0 Å². The van der Waals surface area contributed by atoms with Gasteiger partial charge in [0.2, 0.25) is 15.9 Å². The second kappa shape index (κ2) is 8.96. The molecule has 0 spiro atoms. The monoisotopic (exact) mass is 396 g/mol. The van der Waals surface area contributed by atoms with Gasteiger partial charge in [0.1, 0.15) is 0 Å². The molecule has 0 aromatic heterocycles. The van der Waals surface area contributed by atoms with Gasteiger partial charge in [-0.25, -0.2) is 12.7 Å². The second-order valence-electron chi connectivity index (χ2n) is 6.53. The van der Waals surface area contributed by atoms with E-state index in [0.29, 0.717) is 43.9 Å². The number of anilines is 2. The van der Waals surface area contributed by atoms with Crippen LogP contribution < -0.4 is 16.0 Å². The molecule has 1 fully saturated rings. The molecule has 1 aliphatic heterocycles. The Hall–Kier alpha value is -2.46. The zero-order valence-electron chi connectivity index (χ0n) is 15.3. The lowest BCUT2D eigenvalue weighted by molar-refractivity contribution is -0.136. The van der Waals surface area contributed by atoms with Crippen molar-refractivity contribution >= 4 is 39.1 Å². The van der Waals surface area contributed by atoms with Gasteiger partial charge in [-0.3, -0.25) is 14.4 Å². The van der Waals surface area contributed by atoms with E-state index < -0.39 is 21.8 Å². The molecule has 3 N–H and O–H groups in total. The average molecular weight is 396 g/mol. The maximum Gasteiger partial charge on any atom is 0.313 e. The van der Waals surface area contributed by atoms with Crippen molar-refractivity contribution < 1.29 is 22.8 Å². The van der Waals surface area contributed by atoms with E-state index in [1.807, 2.05) is 0 Å². The number of benzene rings is 1. The van der Waals surface area contributed by atoms with Crippen LogP contribution in [0.15, 0.2) is 24.3 Å². The number of rotatable bonds is 5. The molecule has 148 valence electrons. The Kier molecular flexibility index (Phi) is 6.92. The Balaban J connectivity index is 1.76. The molecular weight excluding hydrogens is 372 g/mol. The summed E-state index contributed by atoms with van der Waals surface area (Å²) < 4.78 is 24.4. The summed E-state index contributed by atoms with van der Waals surface area (Å²) >= 11 is 0. The quantitative estimate of drug-likeness (QED) is 0.620. The van der Waals surface area contributed by atoms with Gasteiger partial charge in [0.15, 0.2) is 0 Å². The lowest BCUT2D eigenvalue weighted by Gasteiger charge is -2.30. The van der Waals surface area contributed by atoms with Gasteiger partial charge >= 0.3 is 11.8 Å². The van der Waals surface area contributed by atoms with Crippen LogP contribution in [0.2, 0.25) is 0 Å². The molecule has 1 aromatic rings. The van der Waals surface area contributed by atoms with Gasteiger partial charge in [0.25, 0.3) is 0 Å². The molecule has 1 aliphatic rings. The Morgan fingerprint density at radius 2 is 1.52 bits per heavy atom. The van der Waals surface area contributed by atoms with E-state index in [4.69, 9.17) is 0 Å². The molecule has 9 nitrogen and oxygen atoms in total. The van der Waals surface area contributed by atoms with Crippen LogP contribution >= 0.6 is 0 Å². The lowest BCUT2D eigenvalue weighted by Crippen LogP contribution is -2.43. The molecule has 3 amide bonds. The normalized spacial score (nSPS) is 15.8. The average Bonchev–Trinajstić information content (AvgIpc) is 2.60. The first-order valence-electron chi connectivity index (χ1n) is 8.57. The number of carbonyl (C=O) groups is 3. The van der Waals surface area contributed by atoms with Crippen molar-refractivity contribution in [2.75, 3.05) is 36.5 Å². The zero-order chi connectivity index (χ0) is 20.0. The van der Waals surface area contributed by atoms with E-state index in [1.165, 1.54) is 17.5 Å². The molecule has 2 rings (SSSR count). The molecule has 10 heteroatoms. The summed E-state index contributed by atoms with van der Waals surface area (Å²) in [6, 6.07) is 6.39. The number of hydrogen-bond acceptors (Lipinski definition) is 5. The van der Waals surface area contributed by atoms with Gasteiger partial charge in [-0.05, 0) is 43.0 Å². The van der Waals surface area contributed by atoms with Crippen LogP contribution in [-0.4, -0.2) is 56.3 Å². The van der Waals surface area contributed by atoms with E-state index in [2.05, 4.69) is 16.0 Å². The number of sulfonamides is 1. The van der Waals surface area contributed by atoms with Crippen molar-refractivity contribution in [3.8, 4) is 0 Å². The van der Waals surface area contributed by atoms with E-state index in [9.17, 15) is 22.8 Å². The number of carbonyl (C=O) groups excluding carboxylic acids is 3. The van der Waals surface area contributed by atoms with Crippen LogP contribution in [0.3, 0.4) is 0 Å². The minimum absolute atomic E-state index is 0.136. The summed E-state index contributed by atoms with van der Waals surface area (Å²) in [6.45, 7) is 2.56. The minimum Gasteiger partial charge on any atom is -0.348 e. The predicted octanol–water partition coefficient (Wildman–Crippen LogP) is 0.371. The summed E-state index contributed by atoms with van der Waals surface area (Å²) in [7, 11) is -3.18. The largest absolute Gasteiger partial charge is 0.348 e. The molecule has 0 atom stereocenters. The lowest BCUT2D eigenvalue weighted by atomic mass is 9.98. The third-order valence-corrected chi connectivity index (χ3v) is 5.57. The first-order valence-corrected chi connectivity index (χ1v) is 10.4. The summed E-state index contributed by atoms with van der Waals surface area (Å²) in [6.07, 6.45) is 2.46. The molecule has 0 aliphatic carbocycles. The summed E-state index contributed by atoms with van der Waals surface area (Å²) in [4.78, 5) is 34.9. The first-order chi connectivity index (χ1) is 12.6. The molecule has 27 heavy (non-hydrogen) atoms. The Morgan fingerprint density at radius 1 is 1.00 bits per heavy atom. The highest BCUT2D eigenvalue weighted by Gasteiger charge is 2.25. The first kappa shape index (κ1) is 20.8. The Bertz CT molecular complexity index is 799. The van der Waals surface area contributed by atoms with Gasteiger partial charge in [0.05, 0.1) is 6.26 Å². The van der Waals surface area contributed by atoms with Gasteiger partial charge in [0, 0.05) is 37.9 Å². The molecule has 0 radical (unpaired) electrons. The van der Waals surface area contributed by atoms with Gasteiger partial charge in [-0.1, -0.05) is 0 Å². The van der Waals surface area contributed by atoms with Crippen molar-refractivity contribution in [1.82, 2.24) is 9.62 Å². The van der Waals surface area contributed by atoms with E-state index in [-0.39, 0.29) is 11.8 Å². The summed E-state index contributed by atoms with van der Waals surface area (Å²) in [5.41, 5.74) is 1.02. The molecule has 0 unspecified atom stereocenters. The van der Waals surface area contributed by atoms with Crippen LogP contribution in [0, 0.1) is 5.92 Å². The number of nitrogens with zero attached hydrogens (tertiary/aromatic N) is 1. The number of nitrogens with one attached hydrogen (secondary N) is 3. The Labute approximate surface area is 158 Å². The molecule has 1 saturated heterocycles. The van der Waals surface area contributed by atoms with Crippen molar-refractivity contribution in [2.24, 2.45) is 5.92 Å². The van der Waals surface area contributed by atoms with Crippen LogP contribution in [0.25, 0.3) is 0 Å². The fourth-order valence-corrected chi connectivity index (χ4v) is 3.66. The van der Waals surface area contributed by atoms with Crippen molar-refractivity contribution in [3.63, 3.8) is 0 Å². The van der Waals surface area contributed by atoms with Gasteiger partial charge in [-0.2, -0.15) is 0 Å². The van der Waals surface area contributed by atoms with Gasteiger partial charge < -0.3 is 16.0 Å². The molecule has 1 heterocycles. The number of piperidine rings is 1. The van der Waals surface area contributed by atoms with Crippen LogP contribution in [0.4, 0.5) is 11.4 Å². The fourth-order valence-electron chi connectivity index (χ4n) is 2.79. The maximum atomic E-state index is 12.0. The third kappa shape index (κ3) is 6.65. The highest BCUT2D eigenvalue weighted by atomic mass is 32.2. The smallest absolute Gasteiger partial charge is 0.313 e. The highest BCUT2D eigenvalue weighted by molar-refractivity contribution is 7.88. The molecule has 1 aromatic carbocycles. The minimum atomic E-state index is -3.18. The SMILES string of the molecule is CC(=O)Nc1ccc(NC(=O)C(=O)NCC2CCN(S(C)(=O)=O)CC2)cc1. The summed E-state index contributed by atoms with van der Waals surface area (Å²) in [5.74, 6) is -1.59. The van der Waals surface area contributed by atoms with E-state index in [0.717, 1.165) is 0 Å². The zero-order valence-corrected chi connectivity index (χ0v) is 16.1.